The summed E-state index contributed by atoms with van der Waals surface area (Å²) in [6.45, 7) is 2.37. The van der Waals surface area contributed by atoms with E-state index < -0.39 is 0 Å². The molecule has 2 aliphatic rings. The molecule has 3 atom stereocenters. The maximum Gasteiger partial charge on any atom is -0.0357 e. The summed E-state index contributed by atoms with van der Waals surface area (Å²) in [7, 11) is 0. The second kappa shape index (κ2) is 0.661. The lowest BCUT2D eigenvalue weighted by atomic mass is 9.88. The summed E-state index contributed by atoms with van der Waals surface area (Å²) in [4.78, 5) is 0. The van der Waals surface area contributed by atoms with Crippen LogP contribution < -0.4 is 0 Å². The van der Waals surface area contributed by atoms with Crippen LogP contribution in [0.5, 0.6) is 0 Å². The smallest absolute Gasteiger partial charge is 0.0357 e. The van der Waals surface area contributed by atoms with Crippen molar-refractivity contribution in [2.45, 2.75) is 19.8 Å². The zero-order valence-electron chi connectivity index (χ0n) is 4.15. The molecule has 2 rings (SSSR count). The van der Waals surface area contributed by atoms with E-state index in [9.17, 15) is 0 Å². The molecule has 2 fully saturated rings. The van der Waals surface area contributed by atoms with E-state index >= 15 is 0 Å². The summed E-state index contributed by atoms with van der Waals surface area (Å²) in [5.74, 6) is 3.51. The van der Waals surface area contributed by atoms with Crippen LogP contribution in [0.15, 0.2) is 0 Å². The van der Waals surface area contributed by atoms with Crippen molar-refractivity contribution in [3.8, 4) is 0 Å². The molecule has 0 heterocycles. The molecule has 0 aromatic carbocycles. The summed E-state index contributed by atoms with van der Waals surface area (Å²) in [5.41, 5.74) is 0. The summed E-state index contributed by atoms with van der Waals surface area (Å²) in [6.07, 6.45) is 3.12. The molecule has 0 N–H and O–H groups in total. The van der Waals surface area contributed by atoms with E-state index in [1.165, 1.54) is 11.8 Å². The van der Waals surface area contributed by atoms with E-state index in [4.69, 9.17) is 0 Å². The zero-order valence-corrected chi connectivity index (χ0v) is 4.15. The predicted octanol–water partition coefficient (Wildman–Crippen LogP) is 1.66. The molecular formula is C6H10. The van der Waals surface area contributed by atoms with Crippen molar-refractivity contribution in [3.05, 3.63) is 0 Å². The third-order valence-corrected chi connectivity index (χ3v) is 2.38. The van der Waals surface area contributed by atoms with Gasteiger partial charge in [0.1, 0.15) is 0 Å². The normalized spacial score (nSPS) is 62.5. The van der Waals surface area contributed by atoms with Crippen molar-refractivity contribution in [1.82, 2.24) is 0 Å². The molecule has 0 aromatic rings. The number of fused-ring (bicyclic) bond motifs is 1. The molecule has 6 heavy (non-hydrogen) atoms. The standard InChI is InChI=1S/C6H10/c1-4-2-5-3-6(4)5/h4-6H,2-3H2,1H3/t4-,5+,6+/m1/s1. The third-order valence-electron chi connectivity index (χ3n) is 2.38. The van der Waals surface area contributed by atoms with Crippen molar-refractivity contribution < 1.29 is 0 Å². The molecule has 0 unspecified atom stereocenters. The highest BCUT2D eigenvalue weighted by atomic mass is 14.6. The Bertz CT molecular complexity index is 76.1. The zero-order chi connectivity index (χ0) is 4.15. The van der Waals surface area contributed by atoms with Crippen LogP contribution in [0.2, 0.25) is 0 Å². The van der Waals surface area contributed by atoms with Crippen LogP contribution in [-0.4, -0.2) is 0 Å². The molecule has 0 aliphatic heterocycles. The minimum absolute atomic E-state index is 1.11. The maximum absolute atomic E-state index is 2.37. The second-order valence-electron chi connectivity index (χ2n) is 2.87. The van der Waals surface area contributed by atoms with Crippen LogP contribution >= 0.6 is 0 Å². The molecule has 0 radical (unpaired) electrons. The van der Waals surface area contributed by atoms with Crippen molar-refractivity contribution in [1.29, 1.82) is 0 Å². The van der Waals surface area contributed by atoms with E-state index in [0.29, 0.717) is 0 Å². The van der Waals surface area contributed by atoms with E-state index in [2.05, 4.69) is 6.92 Å². The van der Waals surface area contributed by atoms with Crippen LogP contribution in [0.4, 0.5) is 0 Å². The fourth-order valence-corrected chi connectivity index (χ4v) is 1.70. The van der Waals surface area contributed by atoms with Gasteiger partial charge in [0, 0.05) is 0 Å². The quantitative estimate of drug-likeness (QED) is 0.417. The Morgan fingerprint density at radius 2 is 2.17 bits per heavy atom. The number of rotatable bonds is 0. The predicted molar refractivity (Wildman–Crippen MR) is 25.4 cm³/mol. The van der Waals surface area contributed by atoms with Gasteiger partial charge in [-0.1, -0.05) is 6.92 Å². The van der Waals surface area contributed by atoms with Gasteiger partial charge >= 0.3 is 0 Å². The Kier molecular flexibility index (Phi) is 0.337. The Hall–Kier alpha value is 0. The minimum atomic E-state index is 1.11. The van der Waals surface area contributed by atoms with Crippen LogP contribution in [0.3, 0.4) is 0 Å². The molecule has 2 saturated carbocycles. The summed E-state index contributed by atoms with van der Waals surface area (Å²) < 4.78 is 0. The van der Waals surface area contributed by atoms with Crippen molar-refractivity contribution in [2.75, 3.05) is 0 Å². The van der Waals surface area contributed by atoms with Gasteiger partial charge in [-0.3, -0.25) is 0 Å². The van der Waals surface area contributed by atoms with Gasteiger partial charge in [-0.25, -0.2) is 0 Å². The van der Waals surface area contributed by atoms with Crippen molar-refractivity contribution in [2.24, 2.45) is 17.8 Å². The minimum Gasteiger partial charge on any atom is -0.0622 e. The Labute approximate surface area is 38.6 Å². The average Bonchev–Trinajstić information content (AvgIpc) is 2.12. The average molecular weight is 82.1 g/mol. The molecule has 0 bridgehead atoms. The molecule has 2 aliphatic carbocycles. The number of hydrogen-bond donors (Lipinski definition) is 0. The van der Waals surface area contributed by atoms with Gasteiger partial charge < -0.3 is 0 Å². The fraction of sp³-hybridized carbons (Fsp3) is 1.00. The molecule has 0 amide bonds. The van der Waals surface area contributed by atoms with E-state index in [0.717, 1.165) is 5.92 Å². The highest BCUT2D eigenvalue weighted by Gasteiger charge is 2.50. The van der Waals surface area contributed by atoms with Crippen LogP contribution in [0.25, 0.3) is 0 Å². The van der Waals surface area contributed by atoms with Gasteiger partial charge in [-0.2, -0.15) is 0 Å². The lowest BCUT2D eigenvalue weighted by Crippen LogP contribution is -2.10. The van der Waals surface area contributed by atoms with E-state index in [1.807, 2.05) is 0 Å². The van der Waals surface area contributed by atoms with Crippen molar-refractivity contribution in [3.63, 3.8) is 0 Å². The number of hydrogen-bond acceptors (Lipinski definition) is 0. The highest BCUT2D eigenvalue weighted by Crippen LogP contribution is 2.59. The SMILES string of the molecule is C[C@@H]1C[C@H]2C[C@H]21. The highest BCUT2D eigenvalue weighted by molar-refractivity contribution is 5.00. The molecule has 0 nitrogen and oxygen atoms in total. The van der Waals surface area contributed by atoms with Gasteiger partial charge in [0.25, 0.3) is 0 Å². The van der Waals surface area contributed by atoms with Crippen LogP contribution in [0, 0.1) is 17.8 Å². The largest absolute Gasteiger partial charge is 0.0622 e. The fourth-order valence-electron chi connectivity index (χ4n) is 1.70. The van der Waals surface area contributed by atoms with Crippen molar-refractivity contribution >= 4 is 0 Å². The lowest BCUT2D eigenvalue weighted by Gasteiger charge is -2.18. The molecule has 0 aromatic heterocycles. The van der Waals surface area contributed by atoms with Crippen LogP contribution in [0.1, 0.15) is 19.8 Å². The Morgan fingerprint density at radius 3 is 2.17 bits per heavy atom. The van der Waals surface area contributed by atoms with Gasteiger partial charge in [0.05, 0.1) is 0 Å². The third kappa shape index (κ3) is 0.184. The van der Waals surface area contributed by atoms with Gasteiger partial charge in [-0.15, -0.1) is 0 Å². The van der Waals surface area contributed by atoms with E-state index in [-0.39, 0.29) is 0 Å². The summed E-state index contributed by atoms with van der Waals surface area (Å²) in [6, 6.07) is 0. The monoisotopic (exact) mass is 82.1 g/mol. The molecule has 0 spiro atoms. The molecular weight excluding hydrogens is 72.1 g/mol. The molecule has 0 saturated heterocycles. The first-order chi connectivity index (χ1) is 2.88. The topological polar surface area (TPSA) is 0 Å². The molecule has 34 valence electrons. The van der Waals surface area contributed by atoms with Gasteiger partial charge in [0.15, 0.2) is 0 Å². The maximum atomic E-state index is 2.37. The summed E-state index contributed by atoms with van der Waals surface area (Å²) >= 11 is 0. The lowest BCUT2D eigenvalue weighted by molar-refractivity contribution is 0.317. The van der Waals surface area contributed by atoms with Gasteiger partial charge in [-0.05, 0) is 30.6 Å². The van der Waals surface area contributed by atoms with Gasteiger partial charge in [0.2, 0.25) is 0 Å². The first-order valence-corrected chi connectivity index (χ1v) is 2.88. The Morgan fingerprint density at radius 1 is 1.33 bits per heavy atom. The van der Waals surface area contributed by atoms with E-state index in [1.54, 1.807) is 12.8 Å². The summed E-state index contributed by atoms with van der Waals surface area (Å²) in [5, 5.41) is 0. The first kappa shape index (κ1) is 3.06. The second-order valence-corrected chi connectivity index (χ2v) is 2.87. The molecule has 0 heteroatoms. The Balaban J connectivity index is 2.08. The first-order valence-electron chi connectivity index (χ1n) is 2.88. The van der Waals surface area contributed by atoms with Crippen LogP contribution in [-0.2, 0) is 0 Å².